The largest absolute Gasteiger partial charge is 0.387 e. The normalized spacial score (nSPS) is 17.0. The van der Waals surface area contributed by atoms with Crippen LogP contribution in [0.15, 0.2) is 6.20 Å². The van der Waals surface area contributed by atoms with E-state index in [0.717, 1.165) is 48.1 Å². The minimum atomic E-state index is -0.592. The van der Waals surface area contributed by atoms with Gasteiger partial charge in [0, 0.05) is 24.5 Å². The minimum Gasteiger partial charge on any atom is -0.387 e. The lowest BCUT2D eigenvalue weighted by Crippen LogP contribution is -2.40. The third-order valence-corrected chi connectivity index (χ3v) is 5.64. The van der Waals surface area contributed by atoms with Crippen molar-refractivity contribution in [1.82, 2.24) is 24.9 Å². The molecule has 3 heterocycles. The molecule has 1 amide bonds. The highest BCUT2D eigenvalue weighted by Gasteiger charge is 2.24. The van der Waals surface area contributed by atoms with Gasteiger partial charge in [-0.2, -0.15) is 0 Å². The Balaban J connectivity index is 1.49. The molecule has 0 bridgehead atoms. The average Bonchev–Trinajstić information content (AvgIpc) is 3.15. The van der Waals surface area contributed by atoms with Crippen molar-refractivity contribution in [3.8, 4) is 0 Å². The highest BCUT2D eigenvalue weighted by Crippen LogP contribution is 2.22. The summed E-state index contributed by atoms with van der Waals surface area (Å²) in [6.45, 7) is 8.03. The number of aliphatic hydroxyl groups excluding tert-OH is 1. The predicted molar refractivity (Wildman–Crippen MR) is 95.3 cm³/mol. The smallest absolute Gasteiger partial charge is 0.228 e. The van der Waals surface area contributed by atoms with Crippen molar-refractivity contribution < 1.29 is 9.90 Å². The summed E-state index contributed by atoms with van der Waals surface area (Å²) in [5.74, 6) is 0.653. The van der Waals surface area contributed by atoms with Crippen LogP contribution >= 0.6 is 11.3 Å². The molecule has 1 aliphatic rings. The molecule has 136 valence electrons. The van der Waals surface area contributed by atoms with Crippen LogP contribution in [0, 0.1) is 19.8 Å². The van der Waals surface area contributed by atoms with Crippen molar-refractivity contribution in [2.24, 2.45) is 5.92 Å². The number of piperidine rings is 1. The second kappa shape index (κ2) is 7.61. The SMILES string of the molecule is Cc1nc(CC(=O)N2CCC(Cn3cc([C@H](C)O)nn3)CC2)c(C)s1. The number of aromatic nitrogens is 4. The number of hydrogen-bond acceptors (Lipinski definition) is 6. The quantitative estimate of drug-likeness (QED) is 0.877. The van der Waals surface area contributed by atoms with Crippen LogP contribution < -0.4 is 0 Å². The number of hydrogen-bond donors (Lipinski definition) is 1. The van der Waals surface area contributed by atoms with E-state index in [4.69, 9.17) is 0 Å². The Bertz CT molecular complexity index is 731. The number of likely N-dealkylation sites (tertiary alicyclic amines) is 1. The molecule has 0 unspecified atom stereocenters. The monoisotopic (exact) mass is 363 g/mol. The van der Waals surface area contributed by atoms with E-state index in [1.54, 1.807) is 29.1 Å². The van der Waals surface area contributed by atoms with E-state index in [1.165, 1.54) is 0 Å². The van der Waals surface area contributed by atoms with Gasteiger partial charge in [0.1, 0.15) is 5.69 Å². The van der Waals surface area contributed by atoms with Crippen LogP contribution in [0.4, 0.5) is 0 Å². The molecule has 1 aliphatic heterocycles. The number of carbonyl (C=O) groups is 1. The van der Waals surface area contributed by atoms with E-state index < -0.39 is 6.10 Å². The van der Waals surface area contributed by atoms with Gasteiger partial charge in [0.05, 0.1) is 29.4 Å². The van der Waals surface area contributed by atoms with Gasteiger partial charge < -0.3 is 10.0 Å². The standard InChI is InChI=1S/C17H25N5O2S/c1-11(23)16-10-22(20-19-16)9-14-4-6-21(7-5-14)17(24)8-15-12(2)25-13(3)18-15/h10-11,14,23H,4-9H2,1-3H3/t11-/m0/s1. The zero-order chi connectivity index (χ0) is 18.0. The Hall–Kier alpha value is -1.80. The van der Waals surface area contributed by atoms with Crippen LogP contribution in [0.25, 0.3) is 0 Å². The van der Waals surface area contributed by atoms with Gasteiger partial charge in [-0.1, -0.05) is 5.21 Å². The van der Waals surface area contributed by atoms with Crippen LogP contribution in [-0.2, 0) is 17.8 Å². The molecule has 25 heavy (non-hydrogen) atoms. The zero-order valence-electron chi connectivity index (χ0n) is 15.0. The number of thiazole rings is 1. The Morgan fingerprint density at radius 3 is 2.68 bits per heavy atom. The Kier molecular flexibility index (Phi) is 5.48. The number of aryl methyl sites for hydroxylation is 2. The molecule has 0 aromatic carbocycles. The highest BCUT2D eigenvalue weighted by molar-refractivity contribution is 7.11. The molecule has 2 aromatic heterocycles. The maximum Gasteiger partial charge on any atom is 0.228 e. The van der Waals surface area contributed by atoms with Crippen molar-refractivity contribution >= 4 is 17.2 Å². The van der Waals surface area contributed by atoms with Gasteiger partial charge in [0.25, 0.3) is 0 Å². The number of aliphatic hydroxyl groups is 1. The number of amides is 1. The summed E-state index contributed by atoms with van der Waals surface area (Å²) in [4.78, 5) is 20.1. The molecular formula is C17H25N5O2S. The summed E-state index contributed by atoms with van der Waals surface area (Å²) in [7, 11) is 0. The van der Waals surface area contributed by atoms with Crippen LogP contribution in [0.1, 0.15) is 47.1 Å². The van der Waals surface area contributed by atoms with Gasteiger partial charge in [-0.25, -0.2) is 4.98 Å². The van der Waals surface area contributed by atoms with E-state index in [2.05, 4.69) is 15.3 Å². The first-order valence-electron chi connectivity index (χ1n) is 8.71. The molecule has 8 heteroatoms. The molecule has 7 nitrogen and oxygen atoms in total. The van der Waals surface area contributed by atoms with Gasteiger partial charge in [-0.15, -0.1) is 16.4 Å². The van der Waals surface area contributed by atoms with E-state index in [0.29, 0.717) is 18.0 Å². The maximum atomic E-state index is 12.5. The maximum absolute atomic E-state index is 12.5. The van der Waals surface area contributed by atoms with E-state index in [9.17, 15) is 9.90 Å². The molecule has 0 radical (unpaired) electrons. The van der Waals surface area contributed by atoms with Crippen molar-refractivity contribution in [3.05, 3.63) is 27.5 Å². The topological polar surface area (TPSA) is 84.1 Å². The van der Waals surface area contributed by atoms with E-state index in [-0.39, 0.29) is 5.91 Å². The van der Waals surface area contributed by atoms with Crippen LogP contribution in [-0.4, -0.2) is 49.0 Å². The summed E-state index contributed by atoms with van der Waals surface area (Å²) in [6.07, 6.45) is 3.54. The summed E-state index contributed by atoms with van der Waals surface area (Å²) < 4.78 is 1.80. The first kappa shape index (κ1) is 18.0. The first-order chi connectivity index (χ1) is 11.9. The van der Waals surface area contributed by atoms with E-state index >= 15 is 0 Å². The molecule has 3 rings (SSSR count). The van der Waals surface area contributed by atoms with Gasteiger partial charge in [0.15, 0.2) is 0 Å². The van der Waals surface area contributed by atoms with E-state index in [1.807, 2.05) is 18.7 Å². The number of carbonyl (C=O) groups excluding carboxylic acids is 1. The second-order valence-corrected chi connectivity index (χ2v) is 8.19. The number of rotatable bonds is 5. The van der Waals surface area contributed by atoms with Crippen molar-refractivity contribution in [2.45, 2.75) is 52.7 Å². The average molecular weight is 363 g/mol. The fourth-order valence-electron chi connectivity index (χ4n) is 3.21. The molecule has 0 saturated carbocycles. The zero-order valence-corrected chi connectivity index (χ0v) is 15.8. The summed E-state index contributed by atoms with van der Waals surface area (Å²) >= 11 is 1.65. The molecule has 0 aliphatic carbocycles. The van der Waals surface area contributed by atoms with Crippen LogP contribution in [0.5, 0.6) is 0 Å². The molecule has 2 aromatic rings. The number of nitrogens with zero attached hydrogens (tertiary/aromatic N) is 5. The van der Waals surface area contributed by atoms with Crippen molar-refractivity contribution in [2.75, 3.05) is 13.1 Å². The molecule has 1 atom stereocenters. The van der Waals surface area contributed by atoms with Crippen molar-refractivity contribution in [1.29, 1.82) is 0 Å². The fraction of sp³-hybridized carbons (Fsp3) is 0.647. The fourth-order valence-corrected chi connectivity index (χ4v) is 4.05. The third kappa shape index (κ3) is 4.43. The molecule has 0 spiro atoms. The Morgan fingerprint density at radius 2 is 2.12 bits per heavy atom. The van der Waals surface area contributed by atoms with Gasteiger partial charge >= 0.3 is 0 Å². The summed E-state index contributed by atoms with van der Waals surface area (Å²) in [6, 6.07) is 0. The lowest BCUT2D eigenvalue weighted by atomic mass is 9.96. The first-order valence-corrected chi connectivity index (χ1v) is 9.52. The van der Waals surface area contributed by atoms with Gasteiger partial charge in [0.2, 0.25) is 5.91 Å². The highest BCUT2D eigenvalue weighted by atomic mass is 32.1. The van der Waals surface area contributed by atoms with Crippen molar-refractivity contribution in [3.63, 3.8) is 0 Å². The molecule has 1 N–H and O–H groups in total. The molecule has 1 saturated heterocycles. The van der Waals surface area contributed by atoms with Gasteiger partial charge in [-0.05, 0) is 39.5 Å². The Morgan fingerprint density at radius 1 is 1.40 bits per heavy atom. The Labute approximate surface area is 151 Å². The second-order valence-electron chi connectivity index (χ2n) is 6.78. The molecular weight excluding hydrogens is 338 g/mol. The summed E-state index contributed by atoms with van der Waals surface area (Å²) in [5.41, 5.74) is 1.52. The third-order valence-electron chi connectivity index (χ3n) is 4.72. The lowest BCUT2D eigenvalue weighted by molar-refractivity contribution is -0.132. The molecule has 1 fully saturated rings. The summed E-state index contributed by atoms with van der Waals surface area (Å²) in [5, 5.41) is 18.6. The van der Waals surface area contributed by atoms with Gasteiger partial charge in [-0.3, -0.25) is 9.48 Å². The lowest BCUT2D eigenvalue weighted by Gasteiger charge is -2.31. The van der Waals surface area contributed by atoms with Crippen LogP contribution in [0.2, 0.25) is 0 Å². The predicted octanol–water partition coefficient (Wildman–Crippen LogP) is 1.89. The minimum absolute atomic E-state index is 0.170. The van der Waals surface area contributed by atoms with Crippen LogP contribution in [0.3, 0.4) is 0 Å².